The molecule has 5 nitrogen and oxygen atoms in total. The first-order valence-electron chi connectivity index (χ1n) is 13.8. The normalized spacial score (nSPS) is 23.3. The zero-order valence-electron chi connectivity index (χ0n) is 23.6. The molecule has 35 heavy (non-hydrogen) atoms. The topological polar surface area (TPSA) is 57.4 Å². The van der Waals surface area contributed by atoms with Crippen LogP contribution in [0.5, 0.6) is 0 Å². The van der Waals surface area contributed by atoms with Crippen LogP contribution in [0.2, 0.25) is 0 Å². The fourth-order valence-electron chi connectivity index (χ4n) is 5.68. The molecule has 0 radical (unpaired) electrons. The van der Waals surface area contributed by atoms with Crippen molar-refractivity contribution in [1.29, 1.82) is 0 Å². The highest BCUT2D eigenvalue weighted by atomic mass is 15.3. The minimum absolute atomic E-state index is 0.473. The van der Waals surface area contributed by atoms with Crippen molar-refractivity contribution in [3.63, 3.8) is 0 Å². The third-order valence-electron chi connectivity index (χ3n) is 8.31. The largest absolute Gasteiger partial charge is 0.401 e. The van der Waals surface area contributed by atoms with E-state index >= 15 is 0 Å². The number of anilines is 1. The number of allylic oxidation sites excluding steroid dienone is 3. The quantitative estimate of drug-likeness (QED) is 0.395. The average Bonchev–Trinajstić information content (AvgIpc) is 2.72. The first-order valence-corrected chi connectivity index (χ1v) is 13.8. The Labute approximate surface area is 215 Å². The lowest BCUT2D eigenvalue weighted by atomic mass is 9.67. The molecule has 2 heterocycles. The van der Waals surface area contributed by atoms with Gasteiger partial charge in [-0.15, -0.1) is 0 Å². The second-order valence-electron chi connectivity index (χ2n) is 11.9. The molecule has 3 rings (SSSR count). The molecular weight excluding hydrogens is 430 g/mol. The van der Waals surface area contributed by atoms with Crippen molar-refractivity contribution in [2.24, 2.45) is 29.4 Å². The summed E-state index contributed by atoms with van der Waals surface area (Å²) in [5.74, 6) is 4.23. The highest BCUT2D eigenvalue weighted by molar-refractivity contribution is 5.48. The number of rotatable bonds is 12. The van der Waals surface area contributed by atoms with Crippen LogP contribution in [0.25, 0.3) is 0 Å². The van der Waals surface area contributed by atoms with Gasteiger partial charge in [-0.05, 0) is 93.5 Å². The second-order valence-corrected chi connectivity index (χ2v) is 11.9. The zero-order valence-corrected chi connectivity index (χ0v) is 23.6. The highest BCUT2D eigenvalue weighted by Gasteiger charge is 2.33. The summed E-state index contributed by atoms with van der Waals surface area (Å²) in [7, 11) is 6.39. The minimum atomic E-state index is 0.473. The van der Waals surface area contributed by atoms with Crippen molar-refractivity contribution in [3.8, 4) is 0 Å². The van der Waals surface area contributed by atoms with Crippen molar-refractivity contribution < 1.29 is 0 Å². The Morgan fingerprint density at radius 1 is 1.17 bits per heavy atom. The molecule has 1 saturated heterocycles. The first-order chi connectivity index (χ1) is 16.6. The van der Waals surface area contributed by atoms with Crippen molar-refractivity contribution in [3.05, 3.63) is 46.8 Å². The summed E-state index contributed by atoms with van der Waals surface area (Å²) in [6, 6.07) is 5.06. The fraction of sp³-hybridized carbons (Fsp3) is 0.700. The molecule has 5 heteroatoms. The summed E-state index contributed by atoms with van der Waals surface area (Å²) in [6.45, 7) is 14.4. The molecule has 3 N–H and O–H groups in total. The van der Waals surface area contributed by atoms with Gasteiger partial charge in [-0.3, -0.25) is 0 Å². The van der Waals surface area contributed by atoms with E-state index in [9.17, 15) is 0 Å². The minimum Gasteiger partial charge on any atom is -0.401 e. The van der Waals surface area contributed by atoms with Crippen LogP contribution in [-0.2, 0) is 0 Å². The molecule has 2 atom stereocenters. The Hall–Kier alpha value is -1.85. The van der Waals surface area contributed by atoms with E-state index in [2.05, 4.69) is 95.2 Å². The van der Waals surface area contributed by atoms with Crippen LogP contribution in [0.4, 0.5) is 5.82 Å². The molecule has 0 aromatic carbocycles. The summed E-state index contributed by atoms with van der Waals surface area (Å²) < 4.78 is 0. The van der Waals surface area contributed by atoms with Gasteiger partial charge in [-0.2, -0.15) is 0 Å². The highest BCUT2D eigenvalue weighted by Crippen LogP contribution is 2.44. The smallest absolute Gasteiger partial charge is 0.131 e. The van der Waals surface area contributed by atoms with E-state index in [0.717, 1.165) is 37.1 Å². The maximum Gasteiger partial charge on any atom is 0.131 e. The number of nitrogens with two attached hydrogens (primary N) is 1. The number of hydrogen-bond acceptors (Lipinski definition) is 5. The summed E-state index contributed by atoms with van der Waals surface area (Å²) in [4.78, 5) is 9.67. The van der Waals surface area contributed by atoms with Crippen LogP contribution in [0, 0.1) is 30.6 Å². The number of nitrogens with zero attached hydrogens (tertiary/aromatic N) is 3. The predicted molar refractivity (Wildman–Crippen MR) is 151 cm³/mol. The van der Waals surface area contributed by atoms with E-state index in [0.29, 0.717) is 29.7 Å². The number of aryl methyl sites for hydroxylation is 1. The Morgan fingerprint density at radius 3 is 2.40 bits per heavy atom. The van der Waals surface area contributed by atoms with Crippen LogP contribution in [0.15, 0.2) is 35.6 Å². The summed E-state index contributed by atoms with van der Waals surface area (Å²) in [5.41, 5.74) is 11.6. The van der Waals surface area contributed by atoms with Gasteiger partial charge < -0.3 is 20.9 Å². The first kappa shape index (κ1) is 27.7. The van der Waals surface area contributed by atoms with Gasteiger partial charge in [0.2, 0.25) is 0 Å². The van der Waals surface area contributed by atoms with Crippen molar-refractivity contribution >= 4 is 5.82 Å². The Morgan fingerprint density at radius 2 is 1.86 bits per heavy atom. The lowest BCUT2D eigenvalue weighted by Gasteiger charge is -2.39. The molecule has 1 aliphatic heterocycles. The molecule has 2 fully saturated rings. The van der Waals surface area contributed by atoms with Crippen molar-refractivity contribution in [1.82, 2.24) is 15.2 Å². The van der Waals surface area contributed by atoms with Gasteiger partial charge in [-0.1, -0.05) is 45.9 Å². The lowest BCUT2D eigenvalue weighted by molar-refractivity contribution is 0.205. The molecule has 2 aliphatic rings. The number of pyridine rings is 1. The summed E-state index contributed by atoms with van der Waals surface area (Å²) in [5, 5.41) is 3.38. The van der Waals surface area contributed by atoms with Gasteiger partial charge in [0.1, 0.15) is 5.82 Å². The number of aromatic nitrogens is 1. The summed E-state index contributed by atoms with van der Waals surface area (Å²) >= 11 is 0. The van der Waals surface area contributed by atoms with E-state index in [1.165, 1.54) is 42.5 Å². The van der Waals surface area contributed by atoms with Gasteiger partial charge >= 0.3 is 0 Å². The molecule has 1 aromatic heterocycles. The molecule has 0 bridgehead atoms. The second kappa shape index (κ2) is 12.4. The van der Waals surface area contributed by atoms with Crippen LogP contribution < -0.4 is 16.0 Å². The predicted octanol–water partition coefficient (Wildman–Crippen LogP) is 5.33. The molecular formula is C30H51N5. The van der Waals surface area contributed by atoms with Gasteiger partial charge in [0.15, 0.2) is 0 Å². The Bertz CT molecular complexity index is 877. The SMILES string of the molecule is CCC(/C=C\C(=C(/N)CN(C)C)C1CC(CC(C)c2ccc(C)c(N(C)C3CNC3)n2)C1)C(C)C. The van der Waals surface area contributed by atoms with E-state index in [1.807, 2.05) is 0 Å². The van der Waals surface area contributed by atoms with Crippen LogP contribution in [0.3, 0.4) is 0 Å². The van der Waals surface area contributed by atoms with E-state index in [1.54, 1.807) is 0 Å². The third-order valence-corrected chi connectivity index (χ3v) is 8.31. The van der Waals surface area contributed by atoms with Crippen LogP contribution >= 0.6 is 0 Å². The lowest BCUT2D eigenvalue weighted by Crippen LogP contribution is -2.56. The van der Waals surface area contributed by atoms with Crippen LogP contribution in [0.1, 0.15) is 70.6 Å². The van der Waals surface area contributed by atoms with E-state index < -0.39 is 0 Å². The number of nitrogens with one attached hydrogen (secondary N) is 1. The van der Waals surface area contributed by atoms with Crippen molar-refractivity contribution in [2.75, 3.05) is 45.7 Å². The standard InChI is InChI=1S/C30H51N5/c1-9-24(20(2)3)11-12-27(28(31)19-34(6)7)25-15-23(16-25)14-22(5)29-13-10-21(4)30(33-29)35(8)26-17-32-18-26/h10-13,20,22-26,32H,9,14-19,31H2,1-8H3/b12-11-,28-27+. The van der Waals surface area contributed by atoms with Gasteiger partial charge in [-0.25, -0.2) is 4.98 Å². The summed E-state index contributed by atoms with van der Waals surface area (Å²) in [6.07, 6.45) is 9.65. The van der Waals surface area contributed by atoms with Crippen molar-refractivity contribution in [2.45, 2.75) is 72.3 Å². The fourth-order valence-corrected chi connectivity index (χ4v) is 5.68. The van der Waals surface area contributed by atoms with E-state index in [-0.39, 0.29) is 0 Å². The molecule has 2 unspecified atom stereocenters. The molecule has 1 aromatic rings. The number of hydrogen-bond donors (Lipinski definition) is 2. The molecule has 196 valence electrons. The van der Waals surface area contributed by atoms with Gasteiger partial charge in [0.05, 0.1) is 6.04 Å². The van der Waals surface area contributed by atoms with Gasteiger partial charge in [0, 0.05) is 38.1 Å². The van der Waals surface area contributed by atoms with E-state index in [4.69, 9.17) is 10.7 Å². The molecule has 0 amide bonds. The average molecular weight is 482 g/mol. The van der Waals surface area contributed by atoms with Gasteiger partial charge in [0.25, 0.3) is 0 Å². The maximum atomic E-state index is 6.64. The third kappa shape index (κ3) is 7.10. The Kier molecular flexibility index (Phi) is 9.83. The molecule has 1 saturated carbocycles. The monoisotopic (exact) mass is 481 g/mol. The van der Waals surface area contributed by atoms with Crippen LogP contribution in [-0.4, -0.2) is 56.7 Å². The maximum absolute atomic E-state index is 6.64. The number of likely N-dealkylation sites (N-methyl/N-ethyl adjacent to an activating group) is 2. The molecule has 1 aliphatic carbocycles. The zero-order chi connectivity index (χ0) is 25.7. The molecule has 0 spiro atoms. The Balaban J connectivity index is 1.64.